The second-order valence-corrected chi connectivity index (χ2v) is 7.39. The van der Waals surface area contributed by atoms with Crippen molar-refractivity contribution in [1.82, 2.24) is 0 Å². The lowest BCUT2D eigenvalue weighted by molar-refractivity contribution is -0.107. The molecule has 0 atom stereocenters. The number of ether oxygens (including phenoxy) is 1. The highest BCUT2D eigenvalue weighted by molar-refractivity contribution is 8.14. The minimum Gasteiger partial charge on any atom is -0.493 e. The molecule has 0 aliphatic heterocycles. The van der Waals surface area contributed by atoms with Gasteiger partial charge < -0.3 is 4.74 Å². The minimum atomic E-state index is 0.0210. The van der Waals surface area contributed by atoms with Crippen molar-refractivity contribution in [3.63, 3.8) is 0 Å². The lowest BCUT2D eigenvalue weighted by Crippen LogP contribution is -2.02. The van der Waals surface area contributed by atoms with Crippen LogP contribution in [-0.2, 0) is 11.2 Å². The van der Waals surface area contributed by atoms with Gasteiger partial charge in [-0.25, -0.2) is 0 Å². The number of hydrogen-bond acceptors (Lipinski definition) is 3. The molecule has 2 aromatic rings. The first-order chi connectivity index (χ1) is 12.8. The van der Waals surface area contributed by atoms with Gasteiger partial charge in [0.05, 0.1) is 6.61 Å². The van der Waals surface area contributed by atoms with Crippen molar-refractivity contribution in [2.45, 2.75) is 25.7 Å². The third-order valence-corrected chi connectivity index (χ3v) is 5.41. The molecule has 134 valence electrons. The summed E-state index contributed by atoms with van der Waals surface area (Å²) in [6.07, 6.45) is 7.82. The smallest absolute Gasteiger partial charge is 0.211 e. The maximum atomic E-state index is 11.2. The Hall–Kier alpha value is -2.26. The van der Waals surface area contributed by atoms with E-state index in [9.17, 15) is 4.79 Å². The third kappa shape index (κ3) is 4.89. The van der Waals surface area contributed by atoms with E-state index in [0.717, 1.165) is 37.2 Å². The first kappa shape index (κ1) is 18.5. The van der Waals surface area contributed by atoms with Gasteiger partial charge in [0.1, 0.15) is 5.75 Å². The van der Waals surface area contributed by atoms with Crippen LogP contribution < -0.4 is 4.74 Å². The molecule has 0 heterocycles. The summed E-state index contributed by atoms with van der Waals surface area (Å²) < 4.78 is 6.04. The molecule has 1 aliphatic rings. The molecule has 0 unspecified atom stereocenters. The summed E-state index contributed by atoms with van der Waals surface area (Å²) >= 11 is 1.29. The van der Waals surface area contributed by atoms with Crippen molar-refractivity contribution < 1.29 is 9.53 Å². The van der Waals surface area contributed by atoms with E-state index in [1.54, 1.807) is 0 Å². The number of hydrogen-bond donors (Lipinski definition) is 0. The predicted molar refractivity (Wildman–Crippen MR) is 111 cm³/mol. The number of aryl methyl sites for hydroxylation is 1. The van der Waals surface area contributed by atoms with Gasteiger partial charge in [-0.2, -0.15) is 0 Å². The van der Waals surface area contributed by atoms with Crippen LogP contribution in [0.3, 0.4) is 0 Å². The van der Waals surface area contributed by atoms with E-state index in [1.165, 1.54) is 40.1 Å². The summed E-state index contributed by atoms with van der Waals surface area (Å²) in [5.74, 6) is 1.68. The Labute approximate surface area is 160 Å². The number of carbonyl (C=O) groups excluding carboxylic acids is 1. The highest BCUT2D eigenvalue weighted by atomic mass is 32.2. The largest absolute Gasteiger partial charge is 0.493 e. The van der Waals surface area contributed by atoms with E-state index in [2.05, 4.69) is 49.1 Å². The molecule has 26 heavy (non-hydrogen) atoms. The second kappa shape index (κ2) is 9.44. The van der Waals surface area contributed by atoms with Crippen LogP contribution in [0.2, 0.25) is 0 Å². The first-order valence-corrected chi connectivity index (χ1v) is 10.1. The van der Waals surface area contributed by atoms with Crippen LogP contribution in [0.25, 0.3) is 11.6 Å². The van der Waals surface area contributed by atoms with E-state index in [1.807, 2.05) is 12.1 Å². The van der Waals surface area contributed by atoms with E-state index in [-0.39, 0.29) is 5.12 Å². The Morgan fingerprint density at radius 3 is 2.81 bits per heavy atom. The first-order valence-electron chi connectivity index (χ1n) is 9.08. The molecule has 3 rings (SSSR count). The van der Waals surface area contributed by atoms with Gasteiger partial charge >= 0.3 is 0 Å². The van der Waals surface area contributed by atoms with Gasteiger partial charge in [0.2, 0.25) is 5.12 Å². The van der Waals surface area contributed by atoms with E-state index in [0.29, 0.717) is 6.61 Å². The normalized spacial score (nSPS) is 13.3. The lowest BCUT2D eigenvalue weighted by atomic mass is 9.99. The number of benzene rings is 2. The van der Waals surface area contributed by atoms with Gasteiger partial charge in [-0.1, -0.05) is 66.9 Å². The van der Waals surface area contributed by atoms with Gasteiger partial charge in [-0.05, 0) is 54.5 Å². The monoisotopic (exact) mass is 364 g/mol. The molecule has 2 nitrogen and oxygen atoms in total. The Morgan fingerprint density at radius 2 is 1.92 bits per heavy atom. The summed E-state index contributed by atoms with van der Waals surface area (Å²) in [4.78, 5) is 11.2. The molecule has 3 heteroatoms. The average molecular weight is 365 g/mol. The van der Waals surface area contributed by atoms with Crippen LogP contribution >= 0.6 is 11.8 Å². The number of fused-ring (bicyclic) bond motifs is 1. The maximum Gasteiger partial charge on any atom is 0.211 e. The Bertz CT molecular complexity index is 807. The molecular formula is C23H24O2S. The van der Waals surface area contributed by atoms with Crippen LogP contribution in [0, 0.1) is 0 Å². The van der Waals surface area contributed by atoms with Gasteiger partial charge in [-0.15, -0.1) is 0 Å². The molecule has 1 aliphatic carbocycles. The molecule has 0 saturated heterocycles. The third-order valence-electron chi connectivity index (χ3n) is 4.47. The van der Waals surface area contributed by atoms with Crippen molar-refractivity contribution in [2.24, 2.45) is 0 Å². The molecular weight excluding hydrogens is 340 g/mol. The summed E-state index contributed by atoms with van der Waals surface area (Å²) in [7, 11) is 0. The van der Waals surface area contributed by atoms with Crippen molar-refractivity contribution >= 4 is 28.5 Å². The number of carbonyl (C=O) groups is 1. The number of rotatable bonds is 7. The summed E-state index contributed by atoms with van der Waals surface area (Å²) in [6, 6.07) is 16.9. The van der Waals surface area contributed by atoms with Gasteiger partial charge in [-0.3, -0.25) is 4.79 Å². The number of thioether (sulfide) groups is 1. The van der Waals surface area contributed by atoms with Crippen molar-refractivity contribution in [2.75, 3.05) is 12.4 Å². The molecule has 0 bridgehead atoms. The van der Waals surface area contributed by atoms with Crippen LogP contribution in [0.1, 0.15) is 36.0 Å². The predicted octanol–water partition coefficient (Wildman–Crippen LogP) is 5.78. The molecule has 0 spiro atoms. The fourth-order valence-corrected chi connectivity index (χ4v) is 3.76. The summed E-state index contributed by atoms with van der Waals surface area (Å²) in [5.41, 5.74) is 5.25. The molecule has 0 radical (unpaired) electrons. The molecule has 0 saturated carbocycles. The number of para-hydroxylation sites is 1. The zero-order valence-corrected chi connectivity index (χ0v) is 15.8. The fraction of sp³-hybridized carbons (Fsp3) is 0.261. The highest BCUT2D eigenvalue weighted by Gasteiger charge is 2.13. The van der Waals surface area contributed by atoms with Crippen LogP contribution in [0.15, 0.2) is 61.2 Å². The Kier molecular flexibility index (Phi) is 6.73. The van der Waals surface area contributed by atoms with Crippen molar-refractivity contribution in [3.8, 4) is 5.75 Å². The highest BCUT2D eigenvalue weighted by Crippen LogP contribution is 2.34. The second-order valence-electron chi connectivity index (χ2n) is 6.29. The van der Waals surface area contributed by atoms with Crippen LogP contribution in [0.5, 0.6) is 5.75 Å². The van der Waals surface area contributed by atoms with Gasteiger partial charge in [0.15, 0.2) is 0 Å². The van der Waals surface area contributed by atoms with E-state index < -0.39 is 0 Å². The SMILES string of the molecule is C=CC(=O)SCCCOc1ccccc1C1=Cc2ccccc2CCC1. The zero-order valence-electron chi connectivity index (χ0n) is 14.9. The maximum absolute atomic E-state index is 11.2. The molecule has 0 fully saturated rings. The molecule has 0 aromatic heterocycles. The molecule has 2 aromatic carbocycles. The summed E-state index contributed by atoms with van der Waals surface area (Å²) in [5, 5.41) is 0.0210. The Morgan fingerprint density at radius 1 is 1.12 bits per heavy atom. The number of allylic oxidation sites excluding steroid dienone is 1. The van der Waals surface area contributed by atoms with E-state index in [4.69, 9.17) is 4.74 Å². The standard InChI is InChI=1S/C23H24O2S/c1-2-23(24)26-16-8-15-25-22-14-6-5-13-21(22)20-12-7-11-18-9-3-4-10-19(18)17-20/h2-6,9-10,13-14,17H,1,7-8,11-12,15-16H2. The zero-order chi connectivity index (χ0) is 18.2. The van der Waals surface area contributed by atoms with E-state index >= 15 is 0 Å². The summed E-state index contributed by atoms with van der Waals surface area (Å²) in [6.45, 7) is 4.10. The van der Waals surface area contributed by atoms with Crippen LogP contribution in [0.4, 0.5) is 0 Å². The van der Waals surface area contributed by atoms with Gasteiger partial charge in [0.25, 0.3) is 0 Å². The Balaban J connectivity index is 1.70. The molecule has 0 amide bonds. The lowest BCUT2D eigenvalue weighted by Gasteiger charge is -2.13. The fourth-order valence-electron chi connectivity index (χ4n) is 3.17. The minimum absolute atomic E-state index is 0.0210. The molecule has 0 N–H and O–H groups in total. The average Bonchev–Trinajstić information content (AvgIpc) is 2.90. The quantitative estimate of drug-likeness (QED) is 0.460. The van der Waals surface area contributed by atoms with Gasteiger partial charge in [0, 0.05) is 11.3 Å². The van der Waals surface area contributed by atoms with Crippen molar-refractivity contribution in [3.05, 3.63) is 77.9 Å². The topological polar surface area (TPSA) is 26.3 Å². The van der Waals surface area contributed by atoms with Crippen LogP contribution in [-0.4, -0.2) is 17.5 Å². The van der Waals surface area contributed by atoms with Crippen molar-refractivity contribution in [1.29, 1.82) is 0 Å².